The lowest BCUT2D eigenvalue weighted by molar-refractivity contribution is -0.139. The molecule has 0 spiro atoms. The summed E-state index contributed by atoms with van der Waals surface area (Å²) >= 11 is 7.33. The lowest BCUT2D eigenvalue weighted by atomic mass is 9.87. The maximum absolute atomic E-state index is 15.1. The van der Waals surface area contributed by atoms with Crippen molar-refractivity contribution in [2.75, 3.05) is 13.7 Å². The summed E-state index contributed by atoms with van der Waals surface area (Å²) in [5.74, 6) is -5.41. The highest BCUT2D eigenvalue weighted by atomic mass is 35.5. The van der Waals surface area contributed by atoms with Gasteiger partial charge in [-0.05, 0) is 36.5 Å². The Balaban J connectivity index is 1.56. The molecule has 2 fully saturated rings. The number of benzene rings is 1. The van der Waals surface area contributed by atoms with Crippen LogP contribution in [0.2, 0.25) is 5.02 Å². The lowest BCUT2D eigenvalue weighted by Gasteiger charge is -2.40. The van der Waals surface area contributed by atoms with Crippen molar-refractivity contribution in [2.45, 2.75) is 49.7 Å². The molecule has 0 aliphatic carbocycles. The average molecular weight is 569 g/mol. The molecule has 2 saturated heterocycles. The SMILES string of the molecule is COC(=O)C1=C(CN2[C@@H]3C[C@@H](CC(=O)O)C[C@H]2C(F)(F)C3)NC(c2nccs2)=N[C@H]1c1ccc(F)c(Cl)c1. The lowest BCUT2D eigenvalue weighted by Crippen LogP contribution is -2.50. The Morgan fingerprint density at radius 2 is 2.13 bits per heavy atom. The number of carbonyl (C=O) groups is 2. The topological polar surface area (TPSA) is 104 Å². The van der Waals surface area contributed by atoms with Crippen LogP contribution >= 0.6 is 22.9 Å². The highest BCUT2D eigenvalue weighted by Gasteiger charge is 2.57. The molecular formula is C25H24ClF3N4O4S. The molecule has 0 unspecified atom stereocenters. The molecular weight excluding hydrogens is 545 g/mol. The number of aromatic nitrogens is 1. The van der Waals surface area contributed by atoms with Crippen LogP contribution in [0.4, 0.5) is 13.2 Å². The van der Waals surface area contributed by atoms with Gasteiger partial charge < -0.3 is 15.2 Å². The molecule has 1 aromatic carbocycles. The van der Waals surface area contributed by atoms with E-state index in [4.69, 9.17) is 16.3 Å². The third kappa shape index (κ3) is 5.04. The minimum Gasteiger partial charge on any atom is -0.481 e. The number of halogens is 4. The zero-order valence-corrected chi connectivity index (χ0v) is 21.7. The third-order valence-corrected chi connectivity index (χ3v) is 8.33. The fourth-order valence-corrected chi connectivity index (χ4v) is 6.44. The Bertz CT molecular complexity index is 1320. The van der Waals surface area contributed by atoms with E-state index in [9.17, 15) is 19.1 Å². The maximum atomic E-state index is 15.1. The van der Waals surface area contributed by atoms with Gasteiger partial charge in [0.15, 0.2) is 10.8 Å². The number of rotatable bonds is 7. The van der Waals surface area contributed by atoms with Crippen molar-refractivity contribution >= 4 is 40.7 Å². The number of nitrogens with one attached hydrogen (secondary N) is 1. The number of thiazole rings is 1. The number of methoxy groups -OCH3 is 1. The number of ether oxygens (including phenoxy) is 1. The van der Waals surface area contributed by atoms with E-state index < -0.39 is 41.8 Å². The number of fused-ring (bicyclic) bond motifs is 2. The highest BCUT2D eigenvalue weighted by Crippen LogP contribution is 2.49. The number of nitrogens with zero attached hydrogens (tertiary/aromatic N) is 3. The summed E-state index contributed by atoms with van der Waals surface area (Å²) in [6, 6.07) is 1.28. The van der Waals surface area contributed by atoms with Gasteiger partial charge >= 0.3 is 11.9 Å². The molecule has 13 heteroatoms. The van der Waals surface area contributed by atoms with Crippen molar-refractivity contribution < 1.29 is 32.6 Å². The minimum atomic E-state index is -3.01. The molecule has 202 valence electrons. The van der Waals surface area contributed by atoms with Crippen LogP contribution in [0, 0.1) is 11.7 Å². The van der Waals surface area contributed by atoms with Crippen LogP contribution < -0.4 is 5.32 Å². The molecule has 2 aromatic rings. The van der Waals surface area contributed by atoms with Gasteiger partial charge in [-0.15, -0.1) is 11.3 Å². The smallest absolute Gasteiger partial charge is 0.338 e. The van der Waals surface area contributed by atoms with Crippen molar-refractivity contribution in [3.8, 4) is 0 Å². The van der Waals surface area contributed by atoms with Crippen LogP contribution in [0.25, 0.3) is 0 Å². The van der Waals surface area contributed by atoms with Crippen LogP contribution in [0.5, 0.6) is 0 Å². The van der Waals surface area contributed by atoms with Crippen molar-refractivity contribution in [2.24, 2.45) is 10.9 Å². The first-order valence-electron chi connectivity index (χ1n) is 11.9. The van der Waals surface area contributed by atoms with Crippen molar-refractivity contribution in [1.82, 2.24) is 15.2 Å². The van der Waals surface area contributed by atoms with Crippen molar-refractivity contribution in [1.29, 1.82) is 0 Å². The zero-order chi connectivity index (χ0) is 27.2. The molecule has 2 bridgehead atoms. The molecule has 1 aromatic heterocycles. The number of carboxylic acids is 1. The van der Waals surface area contributed by atoms with E-state index in [0.29, 0.717) is 28.5 Å². The number of amidine groups is 1. The Kier molecular flexibility index (Phi) is 7.23. The van der Waals surface area contributed by atoms with Crippen LogP contribution in [-0.4, -0.2) is 64.4 Å². The summed E-state index contributed by atoms with van der Waals surface area (Å²) in [6.07, 6.45) is 1.37. The molecule has 5 rings (SSSR count). The van der Waals surface area contributed by atoms with Gasteiger partial charge in [0.2, 0.25) is 0 Å². The monoisotopic (exact) mass is 568 g/mol. The normalized spacial score (nSPS) is 26.6. The molecule has 0 radical (unpaired) electrons. The van der Waals surface area contributed by atoms with Crippen LogP contribution in [0.15, 0.2) is 46.0 Å². The second-order valence-electron chi connectivity index (χ2n) is 9.64. The number of carboxylic acid groups (broad SMARTS) is 1. The van der Waals surface area contributed by atoms with Crippen LogP contribution in [-0.2, 0) is 14.3 Å². The van der Waals surface area contributed by atoms with Gasteiger partial charge in [-0.25, -0.2) is 22.9 Å². The van der Waals surface area contributed by atoms with Gasteiger partial charge in [-0.2, -0.15) is 0 Å². The van der Waals surface area contributed by atoms with Gasteiger partial charge in [-0.3, -0.25) is 14.7 Å². The number of aliphatic carboxylic acids is 1. The molecule has 3 aliphatic rings. The fraction of sp³-hybridized carbons (Fsp3) is 0.440. The van der Waals surface area contributed by atoms with Crippen molar-refractivity contribution in [3.05, 3.63) is 62.5 Å². The molecule has 38 heavy (non-hydrogen) atoms. The number of esters is 1. The summed E-state index contributed by atoms with van der Waals surface area (Å²) in [7, 11) is 1.21. The molecule has 0 amide bonds. The summed E-state index contributed by atoms with van der Waals surface area (Å²) in [6.45, 7) is -0.0506. The summed E-state index contributed by atoms with van der Waals surface area (Å²) < 4.78 is 49.1. The zero-order valence-electron chi connectivity index (χ0n) is 20.2. The Morgan fingerprint density at radius 1 is 1.34 bits per heavy atom. The number of carbonyl (C=O) groups excluding carboxylic acids is 1. The van der Waals surface area contributed by atoms with Gasteiger partial charge in [0.05, 0.1) is 23.7 Å². The second-order valence-corrected chi connectivity index (χ2v) is 10.9. The second kappa shape index (κ2) is 10.3. The molecule has 0 saturated carbocycles. The van der Waals surface area contributed by atoms with E-state index in [0.717, 1.165) is 0 Å². The number of piperidine rings is 1. The Hall–Kier alpha value is -2.96. The predicted octanol–water partition coefficient (Wildman–Crippen LogP) is 4.42. The van der Waals surface area contributed by atoms with Crippen molar-refractivity contribution in [3.63, 3.8) is 0 Å². The van der Waals surface area contributed by atoms with E-state index in [2.05, 4.69) is 15.3 Å². The number of alkyl halides is 2. The first-order chi connectivity index (χ1) is 18.1. The summed E-state index contributed by atoms with van der Waals surface area (Å²) in [5, 5.41) is 14.4. The van der Waals surface area contributed by atoms with E-state index in [1.165, 1.54) is 36.6 Å². The first kappa shape index (κ1) is 26.6. The van der Waals surface area contributed by atoms with Gasteiger partial charge in [-0.1, -0.05) is 17.7 Å². The van der Waals surface area contributed by atoms with E-state index >= 15 is 8.78 Å². The quantitative estimate of drug-likeness (QED) is 0.477. The first-order valence-corrected chi connectivity index (χ1v) is 13.2. The molecule has 2 N–H and O–H groups in total. The number of hydrogen-bond donors (Lipinski definition) is 2. The van der Waals surface area contributed by atoms with Crippen LogP contribution in [0.1, 0.15) is 42.3 Å². The van der Waals surface area contributed by atoms with E-state index in [-0.39, 0.29) is 42.3 Å². The average Bonchev–Trinajstić information content (AvgIpc) is 3.44. The molecule has 4 heterocycles. The van der Waals surface area contributed by atoms with Gasteiger partial charge in [0.1, 0.15) is 11.9 Å². The maximum Gasteiger partial charge on any atom is 0.338 e. The number of aliphatic imine (C=N–C) groups is 1. The fourth-order valence-electron chi connectivity index (χ4n) is 5.67. The predicted molar refractivity (Wildman–Crippen MR) is 134 cm³/mol. The summed E-state index contributed by atoms with van der Waals surface area (Å²) in [4.78, 5) is 34.9. The highest BCUT2D eigenvalue weighted by molar-refractivity contribution is 7.11. The molecule has 3 aliphatic heterocycles. The standard InChI is InChI=1S/C25H24ClF3N4O4S/c1-37-24(36)20-17(11-33-14-6-12(8-19(34)35)7-18(33)25(28,29)10-14)31-22(23-30-4-5-38-23)32-21(20)13-2-3-16(27)15(26)9-13/h2-5,9,12,14,18,21H,6-8,10-11H2,1H3,(H,31,32)(H,34,35)/t12-,14-,18+,21+/m1/s1. The van der Waals surface area contributed by atoms with E-state index in [1.807, 2.05) is 0 Å². The largest absolute Gasteiger partial charge is 0.481 e. The number of hydrogen-bond acceptors (Lipinski definition) is 8. The van der Waals surface area contributed by atoms with Gasteiger partial charge in [0.25, 0.3) is 5.92 Å². The molecule has 8 nitrogen and oxygen atoms in total. The Labute approximate surface area is 225 Å². The summed E-state index contributed by atoms with van der Waals surface area (Å²) in [5.41, 5.74) is 0.816. The third-order valence-electron chi connectivity index (χ3n) is 7.26. The Morgan fingerprint density at radius 3 is 2.76 bits per heavy atom. The minimum absolute atomic E-state index is 0.0288. The van der Waals surface area contributed by atoms with E-state index in [1.54, 1.807) is 16.5 Å². The van der Waals surface area contributed by atoms with Crippen LogP contribution in [0.3, 0.4) is 0 Å². The molecule has 4 atom stereocenters. The van der Waals surface area contributed by atoms with Gasteiger partial charge in [0, 0.05) is 42.7 Å².